The van der Waals surface area contributed by atoms with Gasteiger partial charge < -0.3 is 25.4 Å². The van der Waals surface area contributed by atoms with Crippen LogP contribution in [-0.4, -0.2) is 53.3 Å². The molecular formula is C28H26Cl2FN3O5. The van der Waals surface area contributed by atoms with E-state index in [1.54, 1.807) is 43.3 Å². The number of hydrogen-bond acceptors (Lipinski definition) is 4. The van der Waals surface area contributed by atoms with Crippen molar-refractivity contribution in [1.82, 2.24) is 4.90 Å². The molecule has 1 aliphatic heterocycles. The molecule has 1 aliphatic rings. The summed E-state index contributed by atoms with van der Waals surface area (Å²) >= 11 is 12.2. The van der Waals surface area contributed by atoms with E-state index in [1.165, 1.54) is 29.2 Å². The number of benzene rings is 3. The number of hydrogen-bond donors (Lipinski definition) is 3. The van der Waals surface area contributed by atoms with Gasteiger partial charge in [-0.2, -0.15) is 0 Å². The van der Waals surface area contributed by atoms with E-state index < -0.39 is 24.2 Å². The van der Waals surface area contributed by atoms with Crippen molar-refractivity contribution in [2.24, 2.45) is 0 Å². The highest BCUT2D eigenvalue weighted by atomic mass is 35.5. The highest BCUT2D eigenvalue weighted by Crippen LogP contribution is 2.30. The number of urea groups is 1. The molecule has 0 unspecified atom stereocenters. The van der Waals surface area contributed by atoms with Gasteiger partial charge in [0.1, 0.15) is 18.5 Å². The third-order valence-electron chi connectivity index (χ3n) is 6.32. The minimum Gasteiger partial charge on any atom is -0.491 e. The number of nitrogens with zero attached hydrogens (tertiary/aromatic N) is 1. The van der Waals surface area contributed by atoms with E-state index in [2.05, 4.69) is 10.6 Å². The monoisotopic (exact) mass is 573 g/mol. The smallest absolute Gasteiger partial charge is 0.335 e. The SMILES string of the molecule is Cc1cc(CC(=O)N2C[C@@H](F)C[C@H]2COc2ccc(C(=O)O)cc2)ccc1NC(=O)Nc1c(Cl)cccc1Cl. The van der Waals surface area contributed by atoms with Gasteiger partial charge in [-0.25, -0.2) is 14.0 Å². The Kier molecular flexibility index (Phi) is 8.93. The number of aromatic carboxylic acids is 1. The first-order valence-electron chi connectivity index (χ1n) is 12.1. The number of carboxylic acid groups (broad SMARTS) is 1. The molecule has 8 nitrogen and oxygen atoms in total. The first-order chi connectivity index (χ1) is 18.6. The van der Waals surface area contributed by atoms with E-state index in [0.29, 0.717) is 32.7 Å². The predicted molar refractivity (Wildman–Crippen MR) is 148 cm³/mol. The number of ether oxygens (including phenoxy) is 1. The molecule has 0 radical (unpaired) electrons. The van der Waals surface area contributed by atoms with Gasteiger partial charge in [-0.05, 0) is 60.5 Å². The summed E-state index contributed by atoms with van der Waals surface area (Å²) in [7, 11) is 0. The number of carbonyl (C=O) groups is 3. The van der Waals surface area contributed by atoms with Gasteiger partial charge in [-0.3, -0.25) is 4.79 Å². The number of nitrogens with one attached hydrogen (secondary N) is 2. The van der Waals surface area contributed by atoms with Crippen LogP contribution in [0.15, 0.2) is 60.7 Å². The number of halogens is 3. The van der Waals surface area contributed by atoms with E-state index in [9.17, 15) is 18.8 Å². The average Bonchev–Trinajstić information content (AvgIpc) is 3.27. The molecule has 0 saturated carbocycles. The summed E-state index contributed by atoms with van der Waals surface area (Å²) in [6.07, 6.45) is -0.944. The van der Waals surface area contributed by atoms with Crippen LogP contribution in [0.5, 0.6) is 5.75 Å². The maximum Gasteiger partial charge on any atom is 0.335 e. The number of amides is 3. The molecule has 3 amide bonds. The molecule has 1 fully saturated rings. The van der Waals surface area contributed by atoms with Gasteiger partial charge in [0.2, 0.25) is 5.91 Å². The maximum atomic E-state index is 14.3. The molecule has 3 aromatic rings. The van der Waals surface area contributed by atoms with Crippen molar-refractivity contribution in [3.8, 4) is 5.75 Å². The van der Waals surface area contributed by atoms with E-state index in [0.717, 1.165) is 5.56 Å². The van der Waals surface area contributed by atoms with Crippen molar-refractivity contribution in [3.05, 3.63) is 87.4 Å². The lowest BCUT2D eigenvalue weighted by molar-refractivity contribution is -0.132. The van der Waals surface area contributed by atoms with Gasteiger partial charge in [-0.15, -0.1) is 0 Å². The fourth-order valence-electron chi connectivity index (χ4n) is 4.35. The molecule has 1 heterocycles. The van der Waals surface area contributed by atoms with Crippen molar-refractivity contribution in [1.29, 1.82) is 0 Å². The summed E-state index contributed by atoms with van der Waals surface area (Å²) in [5.74, 6) is -0.843. The summed E-state index contributed by atoms with van der Waals surface area (Å²) in [4.78, 5) is 38.0. The molecule has 0 aromatic heterocycles. The Labute approximate surface area is 234 Å². The number of para-hydroxylation sites is 1. The van der Waals surface area contributed by atoms with Gasteiger partial charge in [-0.1, -0.05) is 41.4 Å². The van der Waals surface area contributed by atoms with Crippen LogP contribution in [0.25, 0.3) is 0 Å². The molecule has 11 heteroatoms. The van der Waals surface area contributed by atoms with Crippen molar-refractivity contribution in [2.75, 3.05) is 23.8 Å². The fourth-order valence-corrected chi connectivity index (χ4v) is 4.84. The normalized spacial score (nSPS) is 16.6. The number of carbonyl (C=O) groups excluding carboxylic acids is 2. The number of alkyl halides is 1. The second-order valence-electron chi connectivity index (χ2n) is 9.18. The Morgan fingerprint density at radius 1 is 1.05 bits per heavy atom. The second kappa shape index (κ2) is 12.4. The molecule has 0 aliphatic carbocycles. The van der Waals surface area contributed by atoms with Crippen LogP contribution in [0.3, 0.4) is 0 Å². The first kappa shape index (κ1) is 28.2. The predicted octanol–water partition coefficient (Wildman–Crippen LogP) is 6.20. The Bertz CT molecular complexity index is 1370. The molecule has 204 valence electrons. The summed E-state index contributed by atoms with van der Waals surface area (Å²) in [5.41, 5.74) is 2.41. The molecule has 3 N–H and O–H groups in total. The van der Waals surface area contributed by atoms with Crippen molar-refractivity contribution >= 4 is 52.5 Å². The molecule has 1 saturated heterocycles. The minimum absolute atomic E-state index is 0.0196. The van der Waals surface area contributed by atoms with E-state index in [-0.39, 0.29) is 37.5 Å². The minimum atomic E-state index is -1.16. The van der Waals surface area contributed by atoms with Crippen LogP contribution >= 0.6 is 23.2 Å². The van der Waals surface area contributed by atoms with Gasteiger partial charge in [0, 0.05) is 12.1 Å². The molecule has 4 rings (SSSR count). The van der Waals surface area contributed by atoms with Gasteiger partial charge in [0.05, 0.1) is 40.3 Å². The van der Waals surface area contributed by atoms with Crippen LogP contribution in [0.2, 0.25) is 10.0 Å². The van der Waals surface area contributed by atoms with E-state index >= 15 is 0 Å². The van der Waals surface area contributed by atoms with Crippen molar-refractivity contribution in [3.63, 3.8) is 0 Å². The van der Waals surface area contributed by atoms with Crippen LogP contribution in [0, 0.1) is 6.92 Å². The Morgan fingerprint density at radius 3 is 2.38 bits per heavy atom. The number of likely N-dealkylation sites (tertiary alicyclic amines) is 1. The zero-order valence-electron chi connectivity index (χ0n) is 20.9. The molecule has 39 heavy (non-hydrogen) atoms. The molecule has 0 spiro atoms. The number of carboxylic acids is 1. The summed E-state index contributed by atoms with van der Waals surface area (Å²) < 4.78 is 20.0. The van der Waals surface area contributed by atoms with Gasteiger partial charge in [0.25, 0.3) is 0 Å². The van der Waals surface area contributed by atoms with Crippen LogP contribution in [0.4, 0.5) is 20.6 Å². The standard InChI is InChI=1S/C28H26Cl2FN3O5/c1-16-11-17(5-10-24(16)32-28(38)33-26-22(29)3-2-4-23(26)30)12-25(35)34-14-19(31)13-20(34)15-39-21-8-6-18(7-9-21)27(36)37/h2-11,19-20H,12-15H2,1H3,(H,36,37)(H2,32,33,38)/t19-,20-/m0/s1. The van der Waals surface area contributed by atoms with Crippen LogP contribution < -0.4 is 15.4 Å². The summed E-state index contributed by atoms with van der Waals surface area (Å²) in [6, 6.07) is 15.0. The first-order valence-corrected chi connectivity index (χ1v) is 12.9. The third-order valence-corrected chi connectivity index (χ3v) is 6.95. The van der Waals surface area contributed by atoms with E-state index in [1.807, 2.05) is 0 Å². The lowest BCUT2D eigenvalue weighted by atomic mass is 10.1. The quantitative estimate of drug-likeness (QED) is 0.297. The largest absolute Gasteiger partial charge is 0.491 e. The topological polar surface area (TPSA) is 108 Å². The number of anilines is 2. The molecule has 3 aromatic carbocycles. The summed E-state index contributed by atoms with van der Waals surface area (Å²) in [5, 5.41) is 15.0. The fraction of sp³-hybridized carbons (Fsp3) is 0.250. The second-order valence-corrected chi connectivity index (χ2v) is 9.99. The number of aryl methyl sites for hydroxylation is 1. The summed E-state index contributed by atoms with van der Waals surface area (Å²) in [6.45, 7) is 1.87. The zero-order valence-corrected chi connectivity index (χ0v) is 22.4. The Balaban J connectivity index is 1.35. The third kappa shape index (κ3) is 7.19. The molecule has 0 bridgehead atoms. The van der Waals surface area contributed by atoms with Gasteiger partial charge >= 0.3 is 12.0 Å². The van der Waals surface area contributed by atoms with E-state index in [4.69, 9.17) is 33.0 Å². The maximum absolute atomic E-state index is 14.3. The lowest BCUT2D eigenvalue weighted by Crippen LogP contribution is -2.40. The van der Waals surface area contributed by atoms with Crippen LogP contribution in [0.1, 0.15) is 27.9 Å². The Morgan fingerprint density at radius 2 is 1.74 bits per heavy atom. The molecule has 2 atom stereocenters. The zero-order chi connectivity index (χ0) is 28.1. The molecular weight excluding hydrogens is 548 g/mol. The highest BCUT2D eigenvalue weighted by Gasteiger charge is 2.35. The van der Waals surface area contributed by atoms with Crippen molar-refractivity contribution < 1.29 is 28.6 Å². The number of rotatable bonds is 8. The van der Waals surface area contributed by atoms with Crippen molar-refractivity contribution in [2.45, 2.75) is 32.0 Å². The average molecular weight is 574 g/mol. The van der Waals surface area contributed by atoms with Crippen LogP contribution in [-0.2, 0) is 11.2 Å². The highest BCUT2D eigenvalue weighted by molar-refractivity contribution is 6.39. The van der Waals surface area contributed by atoms with Gasteiger partial charge in [0.15, 0.2) is 0 Å². The lowest BCUT2D eigenvalue weighted by Gasteiger charge is -2.24. The Hall–Kier alpha value is -3.82.